The predicted octanol–water partition coefficient (Wildman–Crippen LogP) is 3.23. The Balaban J connectivity index is 3.35. The highest BCUT2D eigenvalue weighted by Gasteiger charge is 2.06. The summed E-state index contributed by atoms with van der Waals surface area (Å²) in [5, 5.41) is 8.59. The van der Waals surface area contributed by atoms with Crippen molar-refractivity contribution in [2.45, 2.75) is 46.0 Å². The molecule has 1 N–H and O–H groups in total. The fourth-order valence-corrected chi connectivity index (χ4v) is 1.03. The van der Waals surface area contributed by atoms with Crippen molar-refractivity contribution >= 4 is 5.97 Å². The van der Waals surface area contributed by atoms with Gasteiger partial charge >= 0.3 is 5.97 Å². The number of carboxylic acids is 1. The SMILES string of the molecule is CCCCC/C=C/CC(C)C(=O)O. The first-order valence-corrected chi connectivity index (χ1v) is 5.06. The summed E-state index contributed by atoms with van der Waals surface area (Å²) in [5.41, 5.74) is 0. The van der Waals surface area contributed by atoms with Gasteiger partial charge in [-0.1, -0.05) is 38.8 Å². The summed E-state index contributed by atoms with van der Waals surface area (Å²) in [7, 11) is 0. The third kappa shape index (κ3) is 7.57. The smallest absolute Gasteiger partial charge is 0.306 e. The number of unbranched alkanes of at least 4 members (excludes halogenated alkanes) is 3. The average molecular weight is 184 g/mol. The first-order valence-electron chi connectivity index (χ1n) is 5.06. The average Bonchev–Trinajstić information content (AvgIpc) is 2.10. The van der Waals surface area contributed by atoms with Crippen molar-refractivity contribution in [1.29, 1.82) is 0 Å². The zero-order valence-corrected chi connectivity index (χ0v) is 8.62. The summed E-state index contributed by atoms with van der Waals surface area (Å²) in [4.78, 5) is 10.4. The second-order valence-corrected chi connectivity index (χ2v) is 3.44. The van der Waals surface area contributed by atoms with Gasteiger partial charge in [0.05, 0.1) is 5.92 Å². The molecule has 0 aromatic carbocycles. The molecule has 0 amide bonds. The largest absolute Gasteiger partial charge is 0.481 e. The Morgan fingerprint density at radius 3 is 2.62 bits per heavy atom. The maximum atomic E-state index is 10.4. The lowest BCUT2D eigenvalue weighted by Gasteiger charge is -1.99. The number of aliphatic carboxylic acids is 1. The maximum absolute atomic E-state index is 10.4. The van der Waals surface area contributed by atoms with Crippen molar-refractivity contribution in [2.75, 3.05) is 0 Å². The predicted molar refractivity (Wildman–Crippen MR) is 54.7 cm³/mol. The molecule has 76 valence electrons. The molecule has 0 saturated carbocycles. The van der Waals surface area contributed by atoms with Gasteiger partial charge < -0.3 is 5.11 Å². The molecule has 0 aromatic heterocycles. The standard InChI is InChI=1S/C11H20O2/c1-3-4-5-6-7-8-9-10(2)11(12)13/h7-8,10H,3-6,9H2,1-2H3,(H,12,13)/b8-7+. The van der Waals surface area contributed by atoms with Crippen LogP contribution in [0.2, 0.25) is 0 Å². The normalized spacial score (nSPS) is 13.4. The lowest BCUT2D eigenvalue weighted by molar-refractivity contribution is -0.140. The minimum absolute atomic E-state index is 0.248. The molecule has 0 aromatic rings. The van der Waals surface area contributed by atoms with Crippen LogP contribution < -0.4 is 0 Å². The lowest BCUT2D eigenvalue weighted by Crippen LogP contribution is -2.07. The molecular weight excluding hydrogens is 164 g/mol. The van der Waals surface area contributed by atoms with E-state index in [2.05, 4.69) is 13.0 Å². The quantitative estimate of drug-likeness (QED) is 0.487. The first-order chi connectivity index (χ1) is 6.18. The van der Waals surface area contributed by atoms with Gasteiger partial charge in [-0.2, -0.15) is 0 Å². The highest BCUT2D eigenvalue weighted by molar-refractivity contribution is 5.69. The second kappa shape index (κ2) is 7.84. The number of rotatable bonds is 7. The van der Waals surface area contributed by atoms with E-state index in [0.717, 1.165) is 6.42 Å². The Kier molecular flexibility index (Phi) is 7.36. The van der Waals surface area contributed by atoms with E-state index in [1.807, 2.05) is 6.08 Å². The topological polar surface area (TPSA) is 37.3 Å². The van der Waals surface area contributed by atoms with Gasteiger partial charge in [-0.3, -0.25) is 4.79 Å². The van der Waals surface area contributed by atoms with E-state index in [4.69, 9.17) is 5.11 Å². The molecule has 0 spiro atoms. The van der Waals surface area contributed by atoms with Gasteiger partial charge in [-0.15, -0.1) is 0 Å². The summed E-state index contributed by atoms with van der Waals surface area (Å²) < 4.78 is 0. The Labute approximate surface area is 80.7 Å². The zero-order chi connectivity index (χ0) is 10.1. The molecule has 0 aliphatic carbocycles. The van der Waals surface area contributed by atoms with Crippen molar-refractivity contribution in [3.8, 4) is 0 Å². The molecular formula is C11H20O2. The summed E-state index contributed by atoms with van der Waals surface area (Å²) in [6.45, 7) is 3.91. The van der Waals surface area contributed by atoms with Gasteiger partial charge in [-0.05, 0) is 19.3 Å². The molecule has 1 unspecified atom stereocenters. The fourth-order valence-electron chi connectivity index (χ4n) is 1.03. The van der Waals surface area contributed by atoms with Crippen LogP contribution in [0.1, 0.15) is 46.0 Å². The molecule has 13 heavy (non-hydrogen) atoms. The molecule has 0 fully saturated rings. The van der Waals surface area contributed by atoms with E-state index in [1.165, 1.54) is 19.3 Å². The van der Waals surface area contributed by atoms with E-state index >= 15 is 0 Å². The first kappa shape index (κ1) is 12.2. The van der Waals surface area contributed by atoms with Crippen LogP contribution in [0.5, 0.6) is 0 Å². The van der Waals surface area contributed by atoms with Gasteiger partial charge in [0.2, 0.25) is 0 Å². The Morgan fingerprint density at radius 1 is 1.38 bits per heavy atom. The van der Waals surface area contributed by atoms with Crippen LogP contribution in [-0.2, 0) is 4.79 Å². The number of hydrogen-bond acceptors (Lipinski definition) is 1. The van der Waals surface area contributed by atoms with E-state index in [9.17, 15) is 4.79 Å². The maximum Gasteiger partial charge on any atom is 0.306 e. The minimum Gasteiger partial charge on any atom is -0.481 e. The third-order valence-corrected chi connectivity index (χ3v) is 2.05. The van der Waals surface area contributed by atoms with Gasteiger partial charge in [-0.25, -0.2) is 0 Å². The molecule has 0 aliphatic rings. The summed E-state index contributed by atoms with van der Waals surface area (Å²) in [6.07, 6.45) is 9.53. The molecule has 1 atom stereocenters. The van der Waals surface area contributed by atoms with Crippen molar-refractivity contribution < 1.29 is 9.90 Å². The fraction of sp³-hybridized carbons (Fsp3) is 0.727. The minimum atomic E-state index is -0.710. The van der Waals surface area contributed by atoms with Crippen molar-refractivity contribution in [1.82, 2.24) is 0 Å². The molecule has 0 bridgehead atoms. The summed E-state index contributed by atoms with van der Waals surface area (Å²) in [6, 6.07) is 0. The van der Waals surface area contributed by atoms with E-state index in [1.54, 1.807) is 6.92 Å². The summed E-state index contributed by atoms with van der Waals surface area (Å²) in [5.74, 6) is -0.958. The van der Waals surface area contributed by atoms with Crippen LogP contribution in [0, 0.1) is 5.92 Å². The zero-order valence-electron chi connectivity index (χ0n) is 8.62. The number of hydrogen-bond donors (Lipinski definition) is 1. The van der Waals surface area contributed by atoms with Gasteiger partial charge in [0.1, 0.15) is 0 Å². The van der Waals surface area contributed by atoms with E-state index < -0.39 is 5.97 Å². The Bertz CT molecular complexity index is 161. The van der Waals surface area contributed by atoms with Crippen molar-refractivity contribution in [3.63, 3.8) is 0 Å². The molecule has 0 heterocycles. The number of carboxylic acid groups (broad SMARTS) is 1. The van der Waals surface area contributed by atoms with Gasteiger partial charge in [0.25, 0.3) is 0 Å². The highest BCUT2D eigenvalue weighted by Crippen LogP contribution is 2.05. The molecule has 2 nitrogen and oxygen atoms in total. The molecule has 0 radical (unpaired) electrons. The third-order valence-electron chi connectivity index (χ3n) is 2.05. The van der Waals surface area contributed by atoms with Crippen molar-refractivity contribution in [3.05, 3.63) is 12.2 Å². The van der Waals surface area contributed by atoms with Crippen LogP contribution in [0.3, 0.4) is 0 Å². The highest BCUT2D eigenvalue weighted by atomic mass is 16.4. The Hall–Kier alpha value is -0.790. The lowest BCUT2D eigenvalue weighted by atomic mass is 10.1. The number of allylic oxidation sites excluding steroid dienone is 2. The van der Waals surface area contributed by atoms with E-state index in [0.29, 0.717) is 6.42 Å². The number of carbonyl (C=O) groups is 1. The van der Waals surface area contributed by atoms with Crippen LogP contribution >= 0.6 is 0 Å². The van der Waals surface area contributed by atoms with E-state index in [-0.39, 0.29) is 5.92 Å². The van der Waals surface area contributed by atoms with Crippen LogP contribution in [0.15, 0.2) is 12.2 Å². The Morgan fingerprint density at radius 2 is 2.08 bits per heavy atom. The van der Waals surface area contributed by atoms with Crippen molar-refractivity contribution in [2.24, 2.45) is 5.92 Å². The van der Waals surface area contributed by atoms with Gasteiger partial charge in [0, 0.05) is 0 Å². The molecule has 2 heteroatoms. The summed E-state index contributed by atoms with van der Waals surface area (Å²) >= 11 is 0. The van der Waals surface area contributed by atoms with Crippen LogP contribution in [-0.4, -0.2) is 11.1 Å². The van der Waals surface area contributed by atoms with Crippen LogP contribution in [0.25, 0.3) is 0 Å². The van der Waals surface area contributed by atoms with Gasteiger partial charge in [0.15, 0.2) is 0 Å². The molecule has 0 saturated heterocycles. The second-order valence-electron chi connectivity index (χ2n) is 3.44. The molecule has 0 rings (SSSR count). The monoisotopic (exact) mass is 184 g/mol. The van der Waals surface area contributed by atoms with Crippen LogP contribution in [0.4, 0.5) is 0 Å². The molecule has 0 aliphatic heterocycles.